The van der Waals surface area contributed by atoms with Gasteiger partial charge in [0.05, 0.1) is 12.7 Å². The molecule has 0 saturated heterocycles. The molecule has 0 radical (unpaired) electrons. The van der Waals surface area contributed by atoms with Gasteiger partial charge >= 0.3 is 0 Å². The molecule has 0 bridgehead atoms. The van der Waals surface area contributed by atoms with E-state index in [0.717, 1.165) is 13.1 Å². The maximum Gasteiger partial charge on any atom is 0.0945 e. The Bertz CT molecular complexity index is 386. The fraction of sp³-hybridized carbons (Fsp3) is 0.571. The Balaban J connectivity index is 1.33. The van der Waals surface area contributed by atoms with E-state index < -0.39 is 0 Å². The Morgan fingerprint density at radius 3 is 1.60 bits per heavy atom. The van der Waals surface area contributed by atoms with Crippen molar-refractivity contribution in [3.05, 3.63) is 37.4 Å². The fourth-order valence-electron chi connectivity index (χ4n) is 1.87. The number of rotatable bonds is 11. The standard InChI is InChI=1S/C14H22N4S2/c1(7-17-9-5-15-13-17)3-11-19-20-12-4-2-8-18-10-6-16-14-18/h5-6,9-10,13-14H,1-4,7-8,11-12H2. The van der Waals surface area contributed by atoms with Crippen LogP contribution in [0.5, 0.6) is 0 Å². The topological polar surface area (TPSA) is 35.6 Å². The molecule has 0 aliphatic heterocycles. The minimum Gasteiger partial charge on any atom is -0.337 e. The lowest BCUT2D eigenvalue weighted by Crippen LogP contribution is -1.95. The largest absolute Gasteiger partial charge is 0.337 e. The van der Waals surface area contributed by atoms with Crippen molar-refractivity contribution < 1.29 is 0 Å². The molecule has 6 heteroatoms. The summed E-state index contributed by atoms with van der Waals surface area (Å²) in [6.45, 7) is 2.19. The monoisotopic (exact) mass is 310 g/mol. The van der Waals surface area contributed by atoms with Crippen molar-refractivity contribution in [2.45, 2.75) is 38.8 Å². The van der Waals surface area contributed by atoms with Gasteiger partial charge in [0.25, 0.3) is 0 Å². The molecule has 20 heavy (non-hydrogen) atoms. The van der Waals surface area contributed by atoms with Crippen LogP contribution in [0, 0.1) is 0 Å². The van der Waals surface area contributed by atoms with Gasteiger partial charge in [0, 0.05) is 49.4 Å². The van der Waals surface area contributed by atoms with Gasteiger partial charge in [0.15, 0.2) is 0 Å². The van der Waals surface area contributed by atoms with Crippen molar-refractivity contribution in [2.24, 2.45) is 0 Å². The molecule has 2 aromatic heterocycles. The van der Waals surface area contributed by atoms with Crippen LogP contribution in [-0.4, -0.2) is 30.6 Å². The first-order valence-corrected chi connectivity index (χ1v) is 9.60. The van der Waals surface area contributed by atoms with Crippen LogP contribution in [0.4, 0.5) is 0 Å². The van der Waals surface area contributed by atoms with Crippen molar-refractivity contribution in [1.29, 1.82) is 0 Å². The van der Waals surface area contributed by atoms with Crippen LogP contribution >= 0.6 is 21.6 Å². The lowest BCUT2D eigenvalue weighted by Gasteiger charge is -2.03. The fourth-order valence-corrected chi connectivity index (χ4v) is 4.16. The molecule has 0 N–H and O–H groups in total. The molecule has 0 unspecified atom stereocenters. The molecule has 0 aromatic carbocycles. The van der Waals surface area contributed by atoms with E-state index >= 15 is 0 Å². The number of aryl methyl sites for hydroxylation is 2. The third-order valence-electron chi connectivity index (χ3n) is 2.99. The summed E-state index contributed by atoms with van der Waals surface area (Å²) in [5.74, 6) is 2.50. The van der Waals surface area contributed by atoms with Crippen molar-refractivity contribution in [2.75, 3.05) is 11.5 Å². The van der Waals surface area contributed by atoms with Gasteiger partial charge in [0.2, 0.25) is 0 Å². The van der Waals surface area contributed by atoms with Crippen LogP contribution in [0.2, 0.25) is 0 Å². The molecule has 2 rings (SSSR count). The predicted octanol–water partition coefficient (Wildman–Crippen LogP) is 3.72. The van der Waals surface area contributed by atoms with E-state index in [1.54, 1.807) is 0 Å². The number of imidazole rings is 2. The highest BCUT2D eigenvalue weighted by Gasteiger charge is 1.95. The van der Waals surface area contributed by atoms with Crippen LogP contribution in [0.15, 0.2) is 37.4 Å². The minimum atomic E-state index is 1.09. The summed E-state index contributed by atoms with van der Waals surface area (Å²) in [5.41, 5.74) is 0. The van der Waals surface area contributed by atoms with Crippen LogP contribution < -0.4 is 0 Å². The first kappa shape index (κ1) is 15.5. The maximum atomic E-state index is 4.05. The van der Waals surface area contributed by atoms with E-state index in [1.165, 1.54) is 37.2 Å². The van der Waals surface area contributed by atoms with Crippen LogP contribution in [0.1, 0.15) is 25.7 Å². The highest BCUT2D eigenvalue weighted by Crippen LogP contribution is 2.23. The third-order valence-corrected chi connectivity index (χ3v) is 5.57. The molecular weight excluding hydrogens is 288 g/mol. The first-order valence-electron chi connectivity index (χ1n) is 7.11. The number of nitrogens with zero attached hydrogens (tertiary/aromatic N) is 4. The number of unbranched alkanes of at least 4 members (excludes halogenated alkanes) is 2. The Labute approximate surface area is 128 Å². The highest BCUT2D eigenvalue weighted by molar-refractivity contribution is 8.76. The van der Waals surface area contributed by atoms with Crippen molar-refractivity contribution in [3.63, 3.8) is 0 Å². The van der Waals surface area contributed by atoms with Crippen LogP contribution in [0.25, 0.3) is 0 Å². The van der Waals surface area contributed by atoms with Crippen LogP contribution in [-0.2, 0) is 13.1 Å². The van der Waals surface area contributed by atoms with E-state index in [0.29, 0.717) is 0 Å². The second kappa shape index (κ2) is 9.94. The second-order valence-electron chi connectivity index (χ2n) is 4.66. The predicted molar refractivity (Wildman–Crippen MR) is 87.8 cm³/mol. The maximum absolute atomic E-state index is 4.05. The van der Waals surface area contributed by atoms with E-state index in [1.807, 2.05) is 59.0 Å². The zero-order valence-electron chi connectivity index (χ0n) is 11.7. The summed E-state index contributed by atoms with van der Waals surface area (Å²) in [7, 11) is 4.02. The molecule has 0 atom stereocenters. The molecular formula is C14H22N4S2. The second-order valence-corrected chi connectivity index (χ2v) is 7.36. The minimum absolute atomic E-state index is 1.09. The average Bonchev–Trinajstić information content (AvgIpc) is 3.14. The van der Waals surface area contributed by atoms with Gasteiger partial charge in [-0.05, 0) is 25.7 Å². The number of hydrogen-bond acceptors (Lipinski definition) is 4. The molecule has 4 nitrogen and oxygen atoms in total. The van der Waals surface area contributed by atoms with Gasteiger partial charge in [-0.15, -0.1) is 0 Å². The van der Waals surface area contributed by atoms with Gasteiger partial charge < -0.3 is 9.13 Å². The Kier molecular flexibility index (Phi) is 7.70. The molecule has 0 aliphatic carbocycles. The lowest BCUT2D eigenvalue weighted by molar-refractivity contribution is 0.634. The van der Waals surface area contributed by atoms with E-state index in [2.05, 4.69) is 19.1 Å². The van der Waals surface area contributed by atoms with E-state index in [9.17, 15) is 0 Å². The first-order chi connectivity index (χ1) is 9.95. The summed E-state index contributed by atoms with van der Waals surface area (Å²) in [6, 6.07) is 0. The summed E-state index contributed by atoms with van der Waals surface area (Å²) in [5, 5.41) is 0. The summed E-state index contributed by atoms with van der Waals surface area (Å²) < 4.78 is 4.29. The van der Waals surface area contributed by atoms with Crippen LogP contribution in [0.3, 0.4) is 0 Å². The molecule has 0 amide bonds. The molecule has 0 spiro atoms. The summed E-state index contributed by atoms with van der Waals surface area (Å²) in [4.78, 5) is 8.09. The van der Waals surface area contributed by atoms with E-state index in [4.69, 9.17) is 0 Å². The smallest absolute Gasteiger partial charge is 0.0945 e. The average molecular weight is 310 g/mol. The third kappa shape index (κ3) is 6.52. The van der Waals surface area contributed by atoms with Crippen molar-refractivity contribution in [3.8, 4) is 0 Å². The normalized spacial score (nSPS) is 11.0. The molecule has 2 heterocycles. The molecule has 2 aromatic rings. The zero-order valence-corrected chi connectivity index (χ0v) is 13.4. The van der Waals surface area contributed by atoms with Gasteiger partial charge in [-0.25, -0.2) is 9.97 Å². The Morgan fingerprint density at radius 1 is 0.700 bits per heavy atom. The number of aromatic nitrogens is 4. The van der Waals surface area contributed by atoms with E-state index in [-0.39, 0.29) is 0 Å². The van der Waals surface area contributed by atoms with Gasteiger partial charge in [-0.1, -0.05) is 21.6 Å². The Hall–Kier alpha value is -0.880. The Morgan fingerprint density at radius 2 is 1.20 bits per heavy atom. The van der Waals surface area contributed by atoms with Gasteiger partial charge in [-0.2, -0.15) is 0 Å². The molecule has 0 aliphatic rings. The number of hydrogen-bond donors (Lipinski definition) is 0. The molecule has 110 valence electrons. The quantitative estimate of drug-likeness (QED) is 0.468. The zero-order chi connectivity index (χ0) is 13.9. The van der Waals surface area contributed by atoms with Gasteiger partial charge in [0.1, 0.15) is 0 Å². The molecule has 0 saturated carbocycles. The highest BCUT2D eigenvalue weighted by atomic mass is 33.1. The molecule has 0 fully saturated rings. The van der Waals surface area contributed by atoms with Gasteiger partial charge in [-0.3, -0.25) is 0 Å². The SMILES string of the molecule is c1cn(CCCCSSCCCCn2ccnc2)cn1. The van der Waals surface area contributed by atoms with Crippen molar-refractivity contribution in [1.82, 2.24) is 19.1 Å². The summed E-state index contributed by atoms with van der Waals surface area (Å²) in [6.07, 6.45) is 16.6. The van der Waals surface area contributed by atoms with Crippen molar-refractivity contribution >= 4 is 21.6 Å². The lowest BCUT2D eigenvalue weighted by atomic mass is 10.3. The summed E-state index contributed by atoms with van der Waals surface area (Å²) >= 11 is 0.